The first-order valence-electron chi connectivity index (χ1n) is 8.76. The minimum atomic E-state index is -0.175. The number of methoxy groups -OCH3 is 1. The van der Waals surface area contributed by atoms with Gasteiger partial charge in [-0.05, 0) is 50.2 Å². The molecule has 6 heteroatoms. The summed E-state index contributed by atoms with van der Waals surface area (Å²) >= 11 is 0. The topological polar surface area (TPSA) is 59.4 Å². The Morgan fingerprint density at radius 1 is 1.11 bits per heavy atom. The summed E-state index contributed by atoms with van der Waals surface area (Å²) in [7, 11) is 3.39. The molecule has 2 amide bonds. The molecule has 0 aliphatic rings. The van der Waals surface area contributed by atoms with Gasteiger partial charge in [0.25, 0.3) is 0 Å². The molecule has 0 spiro atoms. The normalized spacial score (nSPS) is 10.5. The number of aromatic nitrogens is 2. The highest BCUT2D eigenvalue weighted by molar-refractivity contribution is 5.89. The molecule has 0 fully saturated rings. The lowest BCUT2D eigenvalue weighted by Crippen LogP contribution is -2.31. The van der Waals surface area contributed by atoms with Crippen molar-refractivity contribution in [2.75, 3.05) is 19.5 Å². The molecule has 140 valence electrons. The average Bonchev–Trinajstić information content (AvgIpc) is 2.97. The number of urea groups is 1. The fourth-order valence-corrected chi connectivity index (χ4v) is 2.93. The Morgan fingerprint density at radius 2 is 1.78 bits per heavy atom. The lowest BCUT2D eigenvalue weighted by molar-refractivity contribution is 0.220. The molecule has 0 aliphatic heterocycles. The number of hydrogen-bond donors (Lipinski definition) is 1. The molecule has 0 radical (unpaired) electrons. The van der Waals surface area contributed by atoms with Crippen LogP contribution in [0.1, 0.15) is 17.0 Å². The van der Waals surface area contributed by atoms with Crippen LogP contribution in [-0.2, 0) is 6.54 Å². The number of anilines is 1. The summed E-state index contributed by atoms with van der Waals surface area (Å²) in [6.45, 7) is 4.47. The maximum absolute atomic E-state index is 12.5. The second-order valence-corrected chi connectivity index (χ2v) is 6.41. The lowest BCUT2D eigenvalue weighted by Gasteiger charge is -2.18. The fraction of sp³-hybridized carbons (Fsp3) is 0.238. The van der Waals surface area contributed by atoms with Gasteiger partial charge in [-0.1, -0.05) is 18.2 Å². The van der Waals surface area contributed by atoms with Crippen molar-refractivity contribution in [2.24, 2.45) is 0 Å². The summed E-state index contributed by atoms with van der Waals surface area (Å²) in [5.41, 5.74) is 4.73. The summed E-state index contributed by atoms with van der Waals surface area (Å²) in [5, 5.41) is 7.54. The van der Waals surface area contributed by atoms with Crippen molar-refractivity contribution in [3.05, 3.63) is 71.5 Å². The zero-order chi connectivity index (χ0) is 19.4. The molecule has 3 aromatic rings. The second kappa shape index (κ2) is 7.95. The van der Waals surface area contributed by atoms with Crippen LogP contribution in [0.25, 0.3) is 5.69 Å². The van der Waals surface area contributed by atoms with E-state index in [0.717, 1.165) is 34.1 Å². The van der Waals surface area contributed by atoms with Gasteiger partial charge < -0.3 is 15.0 Å². The smallest absolute Gasteiger partial charge is 0.321 e. The highest BCUT2D eigenvalue weighted by Crippen LogP contribution is 2.20. The molecular formula is C21H24N4O2. The fourth-order valence-electron chi connectivity index (χ4n) is 2.93. The summed E-state index contributed by atoms with van der Waals surface area (Å²) in [6.07, 6.45) is 0. The van der Waals surface area contributed by atoms with Crippen molar-refractivity contribution < 1.29 is 9.53 Å². The molecule has 1 heterocycles. The number of nitrogens with zero attached hydrogens (tertiary/aromatic N) is 3. The second-order valence-electron chi connectivity index (χ2n) is 6.41. The Morgan fingerprint density at radius 3 is 2.41 bits per heavy atom. The van der Waals surface area contributed by atoms with E-state index >= 15 is 0 Å². The maximum Gasteiger partial charge on any atom is 0.321 e. The maximum atomic E-state index is 12.5. The molecule has 0 bridgehead atoms. The first kappa shape index (κ1) is 18.5. The summed E-state index contributed by atoms with van der Waals surface area (Å²) < 4.78 is 7.05. The molecule has 0 saturated carbocycles. The molecule has 1 aromatic heterocycles. The molecule has 0 aliphatic carbocycles. The van der Waals surface area contributed by atoms with Crippen LogP contribution in [0.2, 0.25) is 0 Å². The van der Waals surface area contributed by atoms with E-state index in [1.54, 1.807) is 19.1 Å². The highest BCUT2D eigenvalue weighted by atomic mass is 16.5. The van der Waals surface area contributed by atoms with Gasteiger partial charge in [0, 0.05) is 24.0 Å². The van der Waals surface area contributed by atoms with Crippen LogP contribution in [0.5, 0.6) is 5.75 Å². The number of nitrogens with one attached hydrogen (secondary N) is 1. The van der Waals surface area contributed by atoms with Gasteiger partial charge in [0.1, 0.15) is 5.75 Å². The van der Waals surface area contributed by atoms with Gasteiger partial charge in [0.2, 0.25) is 0 Å². The molecule has 2 aromatic carbocycles. The standard InChI is InChI=1S/C21H24N4O2/c1-15-20(16(2)25(23-15)18-8-6-5-7-9-18)14-24(3)21(26)22-17-10-12-19(27-4)13-11-17/h5-13H,14H2,1-4H3,(H,22,26). The Bertz CT molecular complexity index is 917. The van der Waals surface area contributed by atoms with Gasteiger partial charge in [-0.15, -0.1) is 0 Å². The third-order valence-electron chi connectivity index (χ3n) is 4.53. The SMILES string of the molecule is COc1ccc(NC(=O)N(C)Cc2c(C)nn(-c3ccccc3)c2C)cc1. The number of amides is 2. The van der Waals surface area contributed by atoms with Crippen LogP contribution < -0.4 is 10.1 Å². The quantitative estimate of drug-likeness (QED) is 0.739. The number of benzene rings is 2. The first-order chi connectivity index (χ1) is 13.0. The number of hydrogen-bond acceptors (Lipinski definition) is 3. The molecule has 3 rings (SSSR count). The average molecular weight is 364 g/mol. The van der Waals surface area contributed by atoms with E-state index in [1.165, 1.54) is 0 Å². The molecule has 27 heavy (non-hydrogen) atoms. The van der Waals surface area contributed by atoms with Crippen molar-refractivity contribution in [2.45, 2.75) is 20.4 Å². The van der Waals surface area contributed by atoms with Gasteiger partial charge in [-0.2, -0.15) is 5.10 Å². The van der Waals surface area contributed by atoms with Gasteiger partial charge in [0.05, 0.1) is 25.0 Å². The Kier molecular flexibility index (Phi) is 5.45. The molecule has 0 atom stereocenters. The molecule has 6 nitrogen and oxygen atoms in total. The lowest BCUT2D eigenvalue weighted by atomic mass is 10.2. The van der Waals surface area contributed by atoms with E-state index in [0.29, 0.717) is 6.54 Å². The first-order valence-corrected chi connectivity index (χ1v) is 8.76. The molecule has 1 N–H and O–H groups in total. The summed E-state index contributed by atoms with van der Waals surface area (Å²) in [6, 6.07) is 17.1. The van der Waals surface area contributed by atoms with E-state index in [2.05, 4.69) is 10.4 Å². The van der Waals surface area contributed by atoms with Gasteiger partial charge in [-0.3, -0.25) is 0 Å². The van der Waals surface area contributed by atoms with E-state index in [1.807, 2.05) is 73.1 Å². The minimum absolute atomic E-state index is 0.175. The molecule has 0 saturated heterocycles. The minimum Gasteiger partial charge on any atom is -0.497 e. The number of rotatable bonds is 5. The largest absolute Gasteiger partial charge is 0.497 e. The Labute approximate surface area is 159 Å². The van der Waals surface area contributed by atoms with Crippen molar-refractivity contribution >= 4 is 11.7 Å². The van der Waals surface area contributed by atoms with Crippen LogP contribution in [0, 0.1) is 13.8 Å². The zero-order valence-electron chi connectivity index (χ0n) is 16.1. The summed E-state index contributed by atoms with van der Waals surface area (Å²) in [5.74, 6) is 0.751. The molecule has 0 unspecified atom stereocenters. The van der Waals surface area contributed by atoms with Crippen molar-refractivity contribution in [3.63, 3.8) is 0 Å². The number of ether oxygens (including phenoxy) is 1. The van der Waals surface area contributed by atoms with Crippen molar-refractivity contribution in [1.82, 2.24) is 14.7 Å². The van der Waals surface area contributed by atoms with Crippen molar-refractivity contribution in [1.29, 1.82) is 0 Å². The third kappa shape index (κ3) is 4.11. The highest BCUT2D eigenvalue weighted by Gasteiger charge is 2.17. The predicted molar refractivity (Wildman–Crippen MR) is 107 cm³/mol. The van der Waals surface area contributed by atoms with Crippen LogP contribution in [0.4, 0.5) is 10.5 Å². The number of aryl methyl sites for hydroxylation is 1. The van der Waals surface area contributed by atoms with E-state index < -0.39 is 0 Å². The van der Waals surface area contributed by atoms with Crippen LogP contribution in [0.15, 0.2) is 54.6 Å². The number of carbonyl (C=O) groups excluding carboxylic acids is 1. The monoisotopic (exact) mass is 364 g/mol. The Hall–Kier alpha value is -3.28. The van der Waals surface area contributed by atoms with Crippen LogP contribution >= 0.6 is 0 Å². The summed E-state index contributed by atoms with van der Waals surface area (Å²) in [4.78, 5) is 14.2. The van der Waals surface area contributed by atoms with Gasteiger partial charge in [0.15, 0.2) is 0 Å². The van der Waals surface area contributed by atoms with Crippen LogP contribution in [0.3, 0.4) is 0 Å². The third-order valence-corrected chi connectivity index (χ3v) is 4.53. The van der Waals surface area contributed by atoms with E-state index in [4.69, 9.17) is 4.74 Å². The predicted octanol–water partition coefficient (Wildman–Crippen LogP) is 4.16. The van der Waals surface area contributed by atoms with Crippen molar-refractivity contribution in [3.8, 4) is 11.4 Å². The Balaban J connectivity index is 1.72. The van der Waals surface area contributed by atoms with Gasteiger partial charge in [-0.25, -0.2) is 9.48 Å². The number of carbonyl (C=O) groups is 1. The van der Waals surface area contributed by atoms with E-state index in [-0.39, 0.29) is 6.03 Å². The molecular weight excluding hydrogens is 340 g/mol. The number of para-hydroxylation sites is 1. The zero-order valence-corrected chi connectivity index (χ0v) is 16.1. The van der Waals surface area contributed by atoms with Gasteiger partial charge >= 0.3 is 6.03 Å². The van der Waals surface area contributed by atoms with Crippen LogP contribution in [-0.4, -0.2) is 34.9 Å². The van der Waals surface area contributed by atoms with E-state index in [9.17, 15) is 4.79 Å².